The molecule has 0 atom stereocenters. The molecule has 5 heteroatoms. The van der Waals surface area contributed by atoms with Gasteiger partial charge in [-0.3, -0.25) is 0 Å². The van der Waals surface area contributed by atoms with Crippen LogP contribution in [0.4, 0.5) is 0 Å². The molecule has 0 bridgehead atoms. The summed E-state index contributed by atoms with van der Waals surface area (Å²) in [7, 11) is 0. The molecule has 0 N–H and O–H groups in total. The second-order valence-corrected chi connectivity index (χ2v) is 5.67. The molecule has 4 nitrogen and oxygen atoms in total. The van der Waals surface area contributed by atoms with Crippen molar-refractivity contribution in [3.05, 3.63) is 18.7 Å². The van der Waals surface area contributed by atoms with Crippen LogP contribution in [-0.4, -0.2) is 63.9 Å². The largest absolute Gasteiger partial charge is 0.337 e. The zero-order chi connectivity index (χ0) is 12.6. The maximum Gasteiger partial charge on any atom is 0.0945 e. The molecule has 1 fully saturated rings. The average Bonchev–Trinajstić information content (AvgIpc) is 2.78. The molecular formula is C13H23BrN4. The van der Waals surface area contributed by atoms with E-state index in [0.29, 0.717) is 0 Å². The lowest BCUT2D eigenvalue weighted by atomic mass is 10.3. The highest BCUT2D eigenvalue weighted by atomic mass is 79.9. The number of aromatic nitrogens is 2. The standard InChI is InChI=1S/C13H23BrN4/c14-3-9-17-7-1-5-16(11-12-17)6-2-8-18-10-4-15-13-18/h4,10,13H,1-3,5-9,11-12H2. The van der Waals surface area contributed by atoms with Gasteiger partial charge in [-0.05, 0) is 32.5 Å². The number of alkyl halides is 1. The van der Waals surface area contributed by atoms with E-state index in [1.807, 2.05) is 18.7 Å². The van der Waals surface area contributed by atoms with E-state index in [0.717, 1.165) is 11.9 Å². The predicted octanol–water partition coefficient (Wildman–Crippen LogP) is 1.68. The van der Waals surface area contributed by atoms with Gasteiger partial charge in [0.15, 0.2) is 0 Å². The van der Waals surface area contributed by atoms with Crippen LogP contribution in [0.1, 0.15) is 12.8 Å². The molecule has 0 unspecified atom stereocenters. The van der Waals surface area contributed by atoms with E-state index in [-0.39, 0.29) is 0 Å². The molecule has 2 heterocycles. The summed E-state index contributed by atoms with van der Waals surface area (Å²) in [6.45, 7) is 8.42. The molecule has 2 rings (SSSR count). The van der Waals surface area contributed by atoms with Gasteiger partial charge < -0.3 is 14.4 Å². The van der Waals surface area contributed by atoms with Crippen LogP contribution in [-0.2, 0) is 6.54 Å². The minimum Gasteiger partial charge on any atom is -0.337 e. The van der Waals surface area contributed by atoms with Gasteiger partial charge in [0.05, 0.1) is 6.33 Å². The molecule has 1 aromatic rings. The maximum absolute atomic E-state index is 4.07. The van der Waals surface area contributed by atoms with E-state index in [1.54, 1.807) is 0 Å². The fourth-order valence-corrected chi connectivity index (χ4v) is 2.99. The van der Waals surface area contributed by atoms with Crippen LogP contribution in [0.25, 0.3) is 0 Å². The minimum atomic E-state index is 1.08. The Balaban J connectivity index is 1.64. The first-order valence-electron chi connectivity index (χ1n) is 6.85. The summed E-state index contributed by atoms with van der Waals surface area (Å²) in [6, 6.07) is 0. The first-order valence-corrected chi connectivity index (χ1v) is 7.97. The monoisotopic (exact) mass is 314 g/mol. The van der Waals surface area contributed by atoms with E-state index in [9.17, 15) is 0 Å². The van der Waals surface area contributed by atoms with Crippen LogP contribution in [0, 0.1) is 0 Å². The second kappa shape index (κ2) is 7.92. The van der Waals surface area contributed by atoms with E-state index in [1.165, 1.54) is 52.1 Å². The number of halogens is 1. The summed E-state index contributed by atoms with van der Waals surface area (Å²) in [5.41, 5.74) is 0. The smallest absolute Gasteiger partial charge is 0.0945 e. The van der Waals surface area contributed by atoms with Crippen LogP contribution in [0.5, 0.6) is 0 Å². The minimum absolute atomic E-state index is 1.08. The SMILES string of the molecule is BrCCN1CCCN(CCCn2ccnc2)CC1. The molecule has 18 heavy (non-hydrogen) atoms. The van der Waals surface area contributed by atoms with Crippen LogP contribution in [0.15, 0.2) is 18.7 Å². The van der Waals surface area contributed by atoms with Gasteiger partial charge in [-0.25, -0.2) is 4.98 Å². The fraction of sp³-hybridized carbons (Fsp3) is 0.769. The van der Waals surface area contributed by atoms with E-state index in [4.69, 9.17) is 0 Å². The number of nitrogens with zero attached hydrogens (tertiary/aromatic N) is 4. The topological polar surface area (TPSA) is 24.3 Å². The summed E-state index contributed by atoms with van der Waals surface area (Å²) in [5, 5.41) is 1.09. The third kappa shape index (κ3) is 4.71. The molecule has 0 spiro atoms. The van der Waals surface area contributed by atoms with E-state index >= 15 is 0 Å². The van der Waals surface area contributed by atoms with Gasteiger partial charge in [0.25, 0.3) is 0 Å². The summed E-state index contributed by atoms with van der Waals surface area (Å²) in [6.07, 6.45) is 8.32. The average molecular weight is 315 g/mol. The van der Waals surface area contributed by atoms with Gasteiger partial charge >= 0.3 is 0 Å². The summed E-state index contributed by atoms with van der Waals surface area (Å²) < 4.78 is 2.16. The highest BCUT2D eigenvalue weighted by molar-refractivity contribution is 9.09. The Kier molecular flexibility index (Phi) is 6.17. The maximum atomic E-state index is 4.07. The van der Waals surface area contributed by atoms with Crippen molar-refractivity contribution in [2.45, 2.75) is 19.4 Å². The van der Waals surface area contributed by atoms with Gasteiger partial charge in [0, 0.05) is 43.9 Å². The van der Waals surface area contributed by atoms with Gasteiger partial charge in [0.1, 0.15) is 0 Å². The van der Waals surface area contributed by atoms with E-state index in [2.05, 4.69) is 35.3 Å². The van der Waals surface area contributed by atoms with Crippen molar-refractivity contribution in [2.24, 2.45) is 0 Å². The van der Waals surface area contributed by atoms with Crippen molar-refractivity contribution < 1.29 is 0 Å². The van der Waals surface area contributed by atoms with Crippen molar-refractivity contribution in [1.29, 1.82) is 0 Å². The van der Waals surface area contributed by atoms with Gasteiger partial charge in [-0.1, -0.05) is 15.9 Å². The molecule has 1 aliphatic heterocycles. The lowest BCUT2D eigenvalue weighted by molar-refractivity contribution is 0.258. The number of hydrogen-bond acceptors (Lipinski definition) is 3. The van der Waals surface area contributed by atoms with Crippen molar-refractivity contribution in [2.75, 3.05) is 44.6 Å². The molecule has 1 saturated heterocycles. The quantitative estimate of drug-likeness (QED) is 0.747. The van der Waals surface area contributed by atoms with Crippen LogP contribution in [0.3, 0.4) is 0 Å². The Morgan fingerprint density at radius 2 is 1.78 bits per heavy atom. The summed E-state index contributed by atoms with van der Waals surface area (Å²) in [5.74, 6) is 0. The van der Waals surface area contributed by atoms with Crippen molar-refractivity contribution in [3.8, 4) is 0 Å². The molecule has 0 amide bonds. The molecule has 1 aliphatic rings. The first-order chi connectivity index (χ1) is 8.88. The molecule has 0 aliphatic carbocycles. The van der Waals surface area contributed by atoms with Crippen molar-refractivity contribution >= 4 is 15.9 Å². The lowest BCUT2D eigenvalue weighted by Crippen LogP contribution is -2.32. The number of aryl methyl sites for hydroxylation is 1. The Hall–Kier alpha value is -0.390. The summed E-state index contributed by atoms with van der Waals surface area (Å²) in [4.78, 5) is 9.23. The summed E-state index contributed by atoms with van der Waals surface area (Å²) >= 11 is 3.53. The van der Waals surface area contributed by atoms with Crippen LogP contribution in [0.2, 0.25) is 0 Å². The zero-order valence-electron chi connectivity index (χ0n) is 11.0. The van der Waals surface area contributed by atoms with Gasteiger partial charge in [-0.2, -0.15) is 0 Å². The highest BCUT2D eigenvalue weighted by Gasteiger charge is 2.13. The first kappa shape index (κ1) is 14.0. The molecule has 0 aromatic carbocycles. The molecule has 102 valence electrons. The van der Waals surface area contributed by atoms with E-state index < -0.39 is 0 Å². The Morgan fingerprint density at radius 3 is 2.44 bits per heavy atom. The molecule has 0 radical (unpaired) electrons. The number of imidazole rings is 1. The number of rotatable bonds is 6. The Labute approximate surface area is 118 Å². The molecule has 0 saturated carbocycles. The van der Waals surface area contributed by atoms with Crippen molar-refractivity contribution in [3.63, 3.8) is 0 Å². The zero-order valence-corrected chi connectivity index (χ0v) is 12.6. The van der Waals surface area contributed by atoms with Crippen LogP contribution >= 0.6 is 15.9 Å². The van der Waals surface area contributed by atoms with Crippen LogP contribution < -0.4 is 0 Å². The second-order valence-electron chi connectivity index (χ2n) is 4.88. The van der Waals surface area contributed by atoms with Crippen molar-refractivity contribution in [1.82, 2.24) is 19.4 Å². The fourth-order valence-electron chi connectivity index (χ4n) is 2.49. The third-order valence-electron chi connectivity index (χ3n) is 3.53. The predicted molar refractivity (Wildman–Crippen MR) is 78.1 cm³/mol. The Morgan fingerprint density at radius 1 is 1.00 bits per heavy atom. The molecular weight excluding hydrogens is 292 g/mol. The third-order valence-corrected chi connectivity index (χ3v) is 3.89. The van der Waals surface area contributed by atoms with Gasteiger partial charge in [-0.15, -0.1) is 0 Å². The lowest BCUT2D eigenvalue weighted by Gasteiger charge is -2.21. The number of hydrogen-bond donors (Lipinski definition) is 0. The normalized spacial score (nSPS) is 18.9. The Bertz CT molecular complexity index is 315. The highest BCUT2D eigenvalue weighted by Crippen LogP contribution is 2.05. The molecule has 1 aromatic heterocycles. The van der Waals surface area contributed by atoms with Gasteiger partial charge in [0.2, 0.25) is 0 Å².